The molecule has 0 saturated heterocycles. The molecular formula is C16H23ClN2O2. The van der Waals surface area contributed by atoms with Gasteiger partial charge in [-0.25, -0.2) is 0 Å². The Bertz CT molecular complexity index is 485. The van der Waals surface area contributed by atoms with E-state index in [0.717, 1.165) is 11.5 Å². The van der Waals surface area contributed by atoms with Gasteiger partial charge < -0.3 is 5.32 Å². The number of benzene rings is 1. The fourth-order valence-corrected chi connectivity index (χ4v) is 3.28. The molecule has 116 valence electrons. The van der Waals surface area contributed by atoms with Crippen molar-refractivity contribution in [2.45, 2.75) is 58.0 Å². The Balaban J connectivity index is 1.91. The zero-order valence-electron chi connectivity index (χ0n) is 12.5. The smallest absolute Gasteiger partial charge is 0.270 e. The first-order valence-corrected chi connectivity index (χ1v) is 8.12. The molecule has 1 saturated carbocycles. The summed E-state index contributed by atoms with van der Waals surface area (Å²) in [6, 6.07) is 5.14. The molecule has 5 heteroatoms. The molecule has 1 aliphatic carbocycles. The van der Waals surface area contributed by atoms with Gasteiger partial charge in [0.2, 0.25) is 0 Å². The van der Waals surface area contributed by atoms with Crippen molar-refractivity contribution in [1.29, 1.82) is 0 Å². The van der Waals surface area contributed by atoms with Crippen LogP contribution < -0.4 is 5.32 Å². The van der Waals surface area contributed by atoms with Gasteiger partial charge in [-0.15, -0.1) is 0 Å². The van der Waals surface area contributed by atoms with E-state index in [1.54, 1.807) is 6.07 Å². The van der Waals surface area contributed by atoms with Gasteiger partial charge in [0.25, 0.3) is 5.69 Å². The summed E-state index contributed by atoms with van der Waals surface area (Å²) in [6.45, 7) is 2.89. The lowest BCUT2D eigenvalue weighted by Gasteiger charge is -2.24. The van der Waals surface area contributed by atoms with Crippen LogP contribution in [0.2, 0.25) is 5.02 Å². The van der Waals surface area contributed by atoms with E-state index < -0.39 is 4.92 Å². The van der Waals surface area contributed by atoms with Crippen molar-refractivity contribution < 1.29 is 4.92 Å². The fraction of sp³-hybridized carbons (Fsp3) is 0.625. The van der Waals surface area contributed by atoms with Crippen LogP contribution in [0.4, 0.5) is 5.69 Å². The van der Waals surface area contributed by atoms with Gasteiger partial charge in [0, 0.05) is 24.7 Å². The van der Waals surface area contributed by atoms with Gasteiger partial charge in [0.05, 0.1) is 9.95 Å². The largest absolute Gasteiger partial charge is 0.310 e. The first kappa shape index (κ1) is 16.2. The van der Waals surface area contributed by atoms with Crippen LogP contribution in [0.1, 0.15) is 51.0 Å². The Kier molecular flexibility index (Phi) is 6.00. The average molecular weight is 311 g/mol. The first-order chi connectivity index (χ1) is 10.1. The zero-order chi connectivity index (χ0) is 15.2. The maximum Gasteiger partial charge on any atom is 0.270 e. The molecule has 1 atom stereocenters. The minimum atomic E-state index is -0.419. The summed E-state index contributed by atoms with van der Waals surface area (Å²) in [6.07, 6.45) is 7.96. The zero-order valence-corrected chi connectivity index (χ0v) is 13.2. The normalized spacial score (nSPS) is 18.2. The standard InChI is InChI=1S/C16H23ClN2O2/c1-12(13-6-4-2-3-5-7-13)18-11-14-8-9-15(19(20)21)10-16(14)17/h8-10,12-13,18H,2-7,11H2,1H3/t12-/m1/s1. The van der Waals surface area contributed by atoms with E-state index in [2.05, 4.69) is 12.2 Å². The van der Waals surface area contributed by atoms with Crippen LogP contribution in [0.25, 0.3) is 0 Å². The van der Waals surface area contributed by atoms with Gasteiger partial charge in [0.1, 0.15) is 0 Å². The van der Waals surface area contributed by atoms with Gasteiger partial charge in [-0.05, 0) is 37.3 Å². The summed E-state index contributed by atoms with van der Waals surface area (Å²) in [5.41, 5.74) is 0.961. The summed E-state index contributed by atoms with van der Waals surface area (Å²) in [5.74, 6) is 0.726. The fourth-order valence-electron chi connectivity index (χ4n) is 3.04. The van der Waals surface area contributed by atoms with Crippen molar-refractivity contribution in [2.75, 3.05) is 0 Å². The molecule has 1 N–H and O–H groups in total. The monoisotopic (exact) mass is 310 g/mol. The van der Waals surface area contributed by atoms with Gasteiger partial charge >= 0.3 is 0 Å². The molecule has 0 unspecified atom stereocenters. The topological polar surface area (TPSA) is 55.2 Å². The third-order valence-corrected chi connectivity index (χ3v) is 4.82. The van der Waals surface area contributed by atoms with Gasteiger partial charge in [0.15, 0.2) is 0 Å². The van der Waals surface area contributed by atoms with Crippen LogP contribution in [0, 0.1) is 16.0 Å². The molecule has 1 aromatic carbocycles. The number of hydrogen-bond donors (Lipinski definition) is 1. The Morgan fingerprint density at radius 1 is 1.33 bits per heavy atom. The number of halogens is 1. The Morgan fingerprint density at radius 3 is 2.57 bits per heavy atom. The highest BCUT2D eigenvalue weighted by atomic mass is 35.5. The Morgan fingerprint density at radius 2 is 2.00 bits per heavy atom. The van der Waals surface area contributed by atoms with Crippen LogP contribution in [-0.2, 0) is 6.54 Å². The highest BCUT2D eigenvalue weighted by molar-refractivity contribution is 6.31. The number of nitrogens with one attached hydrogen (secondary N) is 1. The molecule has 21 heavy (non-hydrogen) atoms. The highest BCUT2D eigenvalue weighted by Gasteiger charge is 2.19. The van der Waals surface area contributed by atoms with Crippen molar-refractivity contribution in [3.8, 4) is 0 Å². The van der Waals surface area contributed by atoms with Crippen molar-refractivity contribution in [3.05, 3.63) is 38.9 Å². The van der Waals surface area contributed by atoms with Gasteiger partial charge in [-0.1, -0.05) is 37.3 Å². The summed E-state index contributed by atoms with van der Waals surface area (Å²) in [7, 11) is 0. The first-order valence-electron chi connectivity index (χ1n) is 7.74. The average Bonchev–Trinajstić information content (AvgIpc) is 2.74. The molecular weight excluding hydrogens is 288 g/mol. The Labute approximate surface area is 131 Å². The predicted octanol–water partition coefficient (Wildman–Crippen LogP) is 4.70. The maximum absolute atomic E-state index is 10.7. The van der Waals surface area contributed by atoms with E-state index in [0.29, 0.717) is 17.6 Å². The number of non-ortho nitro benzene ring substituents is 1. The SMILES string of the molecule is C[C@@H](NCc1ccc([N+](=O)[O-])cc1Cl)C1CCCCCC1. The second kappa shape index (κ2) is 7.76. The molecule has 0 heterocycles. The summed E-state index contributed by atoms with van der Waals surface area (Å²) < 4.78 is 0. The molecule has 0 amide bonds. The maximum atomic E-state index is 10.7. The lowest BCUT2D eigenvalue weighted by atomic mass is 9.93. The van der Waals surface area contributed by atoms with Crippen molar-refractivity contribution in [1.82, 2.24) is 5.32 Å². The third-order valence-electron chi connectivity index (χ3n) is 4.47. The van der Waals surface area contributed by atoms with Crippen molar-refractivity contribution >= 4 is 17.3 Å². The molecule has 1 aromatic rings. The number of rotatable bonds is 5. The van der Waals surface area contributed by atoms with Crippen LogP contribution >= 0.6 is 11.6 Å². The molecule has 2 rings (SSSR count). The number of nitro benzene ring substituents is 1. The van der Waals surface area contributed by atoms with Crippen molar-refractivity contribution in [3.63, 3.8) is 0 Å². The number of hydrogen-bond acceptors (Lipinski definition) is 3. The summed E-state index contributed by atoms with van der Waals surface area (Å²) >= 11 is 6.12. The van der Waals surface area contributed by atoms with Crippen LogP contribution in [-0.4, -0.2) is 11.0 Å². The Hall–Kier alpha value is -1.13. The lowest BCUT2D eigenvalue weighted by molar-refractivity contribution is -0.384. The van der Waals surface area contributed by atoms with E-state index in [9.17, 15) is 10.1 Å². The second-order valence-electron chi connectivity index (χ2n) is 5.95. The summed E-state index contributed by atoms with van der Waals surface area (Å²) in [4.78, 5) is 10.3. The van der Waals surface area contributed by atoms with Crippen LogP contribution in [0.5, 0.6) is 0 Å². The van der Waals surface area contributed by atoms with Crippen LogP contribution in [0.3, 0.4) is 0 Å². The van der Waals surface area contributed by atoms with Gasteiger partial charge in [-0.3, -0.25) is 10.1 Å². The highest BCUT2D eigenvalue weighted by Crippen LogP contribution is 2.26. The third kappa shape index (κ3) is 4.68. The minimum Gasteiger partial charge on any atom is -0.310 e. The van der Waals surface area contributed by atoms with Crippen LogP contribution in [0.15, 0.2) is 18.2 Å². The van der Waals surface area contributed by atoms with E-state index in [4.69, 9.17) is 11.6 Å². The molecule has 0 bridgehead atoms. The number of nitro groups is 1. The number of nitrogens with zero attached hydrogens (tertiary/aromatic N) is 1. The van der Waals surface area contributed by atoms with E-state index >= 15 is 0 Å². The lowest BCUT2D eigenvalue weighted by Crippen LogP contribution is -2.33. The quantitative estimate of drug-likeness (QED) is 0.487. The molecule has 0 aliphatic heterocycles. The molecule has 0 aromatic heterocycles. The summed E-state index contributed by atoms with van der Waals surface area (Å²) in [5, 5.41) is 14.7. The molecule has 1 aliphatic rings. The molecule has 0 spiro atoms. The van der Waals surface area contributed by atoms with E-state index in [-0.39, 0.29) is 5.69 Å². The molecule has 4 nitrogen and oxygen atoms in total. The predicted molar refractivity (Wildman–Crippen MR) is 85.6 cm³/mol. The molecule has 1 fully saturated rings. The van der Waals surface area contributed by atoms with Crippen molar-refractivity contribution in [2.24, 2.45) is 5.92 Å². The van der Waals surface area contributed by atoms with E-state index in [1.165, 1.54) is 50.7 Å². The molecule has 0 radical (unpaired) electrons. The van der Waals surface area contributed by atoms with E-state index in [1.807, 2.05) is 0 Å². The van der Waals surface area contributed by atoms with Gasteiger partial charge in [-0.2, -0.15) is 0 Å². The minimum absolute atomic E-state index is 0.0422. The second-order valence-corrected chi connectivity index (χ2v) is 6.36.